The second-order valence-electron chi connectivity index (χ2n) is 5.02. The second-order valence-corrected chi connectivity index (χ2v) is 5.42. The van der Waals surface area contributed by atoms with Crippen molar-refractivity contribution < 1.29 is 4.79 Å². The van der Waals surface area contributed by atoms with Crippen LogP contribution in [0.1, 0.15) is 36.3 Å². The normalized spacial score (nSPS) is 11.8. The van der Waals surface area contributed by atoms with E-state index in [0.717, 1.165) is 12.0 Å². The third-order valence-corrected chi connectivity index (χ3v) is 3.67. The Labute approximate surface area is 135 Å². The number of benzene rings is 1. The first-order valence-corrected chi connectivity index (χ1v) is 7.58. The van der Waals surface area contributed by atoms with E-state index in [-0.39, 0.29) is 11.9 Å². The number of amides is 1. The quantitative estimate of drug-likeness (QED) is 0.858. The Morgan fingerprint density at radius 3 is 2.82 bits per heavy atom. The van der Waals surface area contributed by atoms with Crippen molar-refractivity contribution in [3.8, 4) is 0 Å². The van der Waals surface area contributed by atoms with Gasteiger partial charge in [0, 0.05) is 23.7 Å². The summed E-state index contributed by atoms with van der Waals surface area (Å²) in [6, 6.07) is 9.33. The smallest absolute Gasteiger partial charge is 0.270 e. The highest BCUT2D eigenvalue weighted by Gasteiger charge is 2.10. The molecule has 2 rings (SSSR count). The van der Waals surface area contributed by atoms with Crippen LogP contribution >= 0.6 is 11.6 Å². The van der Waals surface area contributed by atoms with E-state index in [1.165, 1.54) is 6.33 Å². The van der Waals surface area contributed by atoms with Crippen LogP contribution in [-0.2, 0) is 6.54 Å². The Bertz CT molecular complexity index is 648. The lowest BCUT2D eigenvalue weighted by molar-refractivity contribution is 0.0946. The second kappa shape index (κ2) is 7.75. The summed E-state index contributed by atoms with van der Waals surface area (Å²) in [5.74, 6) is 0.391. The lowest BCUT2D eigenvalue weighted by atomic mass is 10.2. The molecule has 0 spiro atoms. The monoisotopic (exact) mass is 318 g/mol. The molecule has 116 valence electrons. The van der Waals surface area contributed by atoms with Crippen LogP contribution < -0.4 is 10.6 Å². The summed E-state index contributed by atoms with van der Waals surface area (Å²) in [5.41, 5.74) is 1.19. The van der Waals surface area contributed by atoms with Crippen molar-refractivity contribution in [3.05, 3.63) is 52.9 Å². The number of nitrogens with zero attached hydrogens (tertiary/aromatic N) is 2. The average Bonchev–Trinajstić information content (AvgIpc) is 2.54. The maximum atomic E-state index is 12.2. The third kappa shape index (κ3) is 4.43. The van der Waals surface area contributed by atoms with E-state index >= 15 is 0 Å². The molecule has 1 unspecified atom stereocenters. The fourth-order valence-electron chi connectivity index (χ4n) is 1.82. The van der Waals surface area contributed by atoms with Gasteiger partial charge in [0.15, 0.2) is 0 Å². The van der Waals surface area contributed by atoms with Crippen LogP contribution in [0.15, 0.2) is 36.7 Å². The first-order chi connectivity index (χ1) is 10.6. The van der Waals surface area contributed by atoms with Gasteiger partial charge < -0.3 is 10.6 Å². The highest BCUT2D eigenvalue weighted by molar-refractivity contribution is 6.31. The van der Waals surface area contributed by atoms with Crippen LogP contribution in [0.3, 0.4) is 0 Å². The summed E-state index contributed by atoms with van der Waals surface area (Å²) in [5, 5.41) is 6.66. The van der Waals surface area contributed by atoms with Crippen LogP contribution in [0.5, 0.6) is 0 Å². The zero-order valence-electron chi connectivity index (χ0n) is 12.6. The molecule has 2 N–H and O–H groups in total. The molecule has 0 saturated carbocycles. The van der Waals surface area contributed by atoms with Gasteiger partial charge in [0.2, 0.25) is 0 Å². The number of hydrogen-bond donors (Lipinski definition) is 2. The molecule has 5 nitrogen and oxygen atoms in total. The van der Waals surface area contributed by atoms with Crippen molar-refractivity contribution in [2.75, 3.05) is 5.32 Å². The van der Waals surface area contributed by atoms with Gasteiger partial charge in [0.25, 0.3) is 5.91 Å². The molecule has 0 radical (unpaired) electrons. The summed E-state index contributed by atoms with van der Waals surface area (Å²) in [7, 11) is 0. The van der Waals surface area contributed by atoms with Crippen LogP contribution in [-0.4, -0.2) is 21.9 Å². The largest absolute Gasteiger partial charge is 0.368 e. The molecule has 0 aliphatic heterocycles. The molecule has 0 saturated heterocycles. The minimum absolute atomic E-state index is 0.255. The van der Waals surface area contributed by atoms with Gasteiger partial charge in [-0.05, 0) is 25.0 Å². The summed E-state index contributed by atoms with van der Waals surface area (Å²) >= 11 is 6.07. The molecule has 1 atom stereocenters. The van der Waals surface area contributed by atoms with Gasteiger partial charge >= 0.3 is 0 Å². The van der Waals surface area contributed by atoms with Gasteiger partial charge in [0.1, 0.15) is 17.8 Å². The van der Waals surface area contributed by atoms with E-state index in [4.69, 9.17) is 11.6 Å². The number of halogens is 1. The van der Waals surface area contributed by atoms with Crippen molar-refractivity contribution in [2.45, 2.75) is 32.9 Å². The van der Waals surface area contributed by atoms with Gasteiger partial charge in [-0.3, -0.25) is 4.79 Å². The molecule has 0 aliphatic rings. The average molecular weight is 319 g/mol. The van der Waals surface area contributed by atoms with Crippen molar-refractivity contribution in [1.29, 1.82) is 0 Å². The first-order valence-electron chi connectivity index (χ1n) is 7.20. The zero-order valence-corrected chi connectivity index (χ0v) is 13.4. The first kappa shape index (κ1) is 16.2. The number of aromatic nitrogens is 2. The van der Waals surface area contributed by atoms with Crippen LogP contribution in [0.4, 0.5) is 5.82 Å². The van der Waals surface area contributed by atoms with Gasteiger partial charge in [0.05, 0.1) is 0 Å². The third-order valence-electron chi connectivity index (χ3n) is 3.30. The topological polar surface area (TPSA) is 66.9 Å². The zero-order chi connectivity index (χ0) is 15.9. The summed E-state index contributed by atoms with van der Waals surface area (Å²) in [6.45, 7) is 4.49. The van der Waals surface area contributed by atoms with Gasteiger partial charge in [-0.25, -0.2) is 9.97 Å². The summed E-state index contributed by atoms with van der Waals surface area (Å²) in [4.78, 5) is 20.3. The number of carbonyl (C=O) groups is 1. The lowest BCUT2D eigenvalue weighted by Gasteiger charge is -2.12. The van der Waals surface area contributed by atoms with E-state index < -0.39 is 0 Å². The van der Waals surface area contributed by atoms with Crippen LogP contribution in [0.2, 0.25) is 5.02 Å². The van der Waals surface area contributed by atoms with Crippen LogP contribution in [0.25, 0.3) is 0 Å². The Morgan fingerprint density at radius 2 is 2.09 bits per heavy atom. The predicted octanol–water partition coefficient (Wildman–Crippen LogP) is 3.27. The molecular formula is C16H19ClN4O. The molecule has 0 fully saturated rings. The maximum Gasteiger partial charge on any atom is 0.270 e. The van der Waals surface area contributed by atoms with Crippen molar-refractivity contribution in [1.82, 2.24) is 15.3 Å². The molecule has 22 heavy (non-hydrogen) atoms. The van der Waals surface area contributed by atoms with Crippen LogP contribution in [0, 0.1) is 0 Å². The molecule has 1 aromatic carbocycles. The predicted molar refractivity (Wildman–Crippen MR) is 88.0 cm³/mol. The Hall–Kier alpha value is -2.14. The molecule has 0 aliphatic carbocycles. The fraction of sp³-hybridized carbons (Fsp3) is 0.312. The maximum absolute atomic E-state index is 12.2. The van der Waals surface area contributed by atoms with Crippen molar-refractivity contribution >= 4 is 23.3 Å². The van der Waals surface area contributed by atoms with E-state index in [2.05, 4.69) is 34.4 Å². The SMILES string of the molecule is CCC(C)Nc1cc(C(=O)NCc2ccccc2Cl)ncn1. The van der Waals surface area contributed by atoms with E-state index in [1.54, 1.807) is 12.1 Å². The molecule has 0 bridgehead atoms. The van der Waals surface area contributed by atoms with Crippen molar-refractivity contribution in [3.63, 3.8) is 0 Å². The number of anilines is 1. The van der Waals surface area contributed by atoms with Gasteiger partial charge in [-0.1, -0.05) is 36.7 Å². The highest BCUT2D eigenvalue weighted by atomic mass is 35.5. The minimum atomic E-state index is -0.255. The van der Waals surface area contributed by atoms with E-state index in [9.17, 15) is 4.79 Å². The summed E-state index contributed by atoms with van der Waals surface area (Å²) < 4.78 is 0. The standard InChI is InChI=1S/C16H19ClN4O/c1-3-11(2)21-15-8-14(19-10-20-15)16(22)18-9-12-6-4-5-7-13(12)17/h4-8,10-11H,3,9H2,1-2H3,(H,18,22)(H,19,20,21). The molecule has 1 aromatic heterocycles. The van der Waals surface area contributed by atoms with E-state index in [0.29, 0.717) is 23.1 Å². The molecule has 1 amide bonds. The van der Waals surface area contributed by atoms with Gasteiger partial charge in [-0.2, -0.15) is 0 Å². The Balaban J connectivity index is 2.00. The molecular weight excluding hydrogens is 300 g/mol. The van der Waals surface area contributed by atoms with Crippen molar-refractivity contribution in [2.24, 2.45) is 0 Å². The Kier molecular flexibility index (Phi) is 5.72. The number of hydrogen-bond acceptors (Lipinski definition) is 4. The summed E-state index contributed by atoms with van der Waals surface area (Å²) in [6.07, 6.45) is 2.35. The molecule has 1 heterocycles. The van der Waals surface area contributed by atoms with E-state index in [1.807, 2.05) is 18.2 Å². The molecule has 6 heteroatoms. The molecule has 2 aromatic rings. The lowest BCUT2D eigenvalue weighted by Crippen LogP contribution is -2.24. The number of rotatable bonds is 6. The number of carbonyl (C=O) groups excluding carboxylic acids is 1. The number of nitrogens with one attached hydrogen (secondary N) is 2. The highest BCUT2D eigenvalue weighted by Crippen LogP contribution is 2.14. The minimum Gasteiger partial charge on any atom is -0.368 e. The Morgan fingerprint density at radius 1 is 1.32 bits per heavy atom. The fourth-order valence-corrected chi connectivity index (χ4v) is 2.03. The van der Waals surface area contributed by atoms with Gasteiger partial charge in [-0.15, -0.1) is 0 Å².